The van der Waals surface area contributed by atoms with Crippen LogP contribution in [0, 0.1) is 5.82 Å². The lowest BCUT2D eigenvalue weighted by atomic mass is 9.58. The molecule has 1 fully saturated rings. The Kier molecular flexibility index (Phi) is 6.08. The van der Waals surface area contributed by atoms with Crippen molar-refractivity contribution >= 4 is 21.6 Å². The number of hydrogen-bond donors (Lipinski definition) is 2. The zero-order valence-electron chi connectivity index (χ0n) is 16.9. The van der Waals surface area contributed by atoms with Gasteiger partial charge in [0.1, 0.15) is 6.61 Å². The predicted molar refractivity (Wildman–Crippen MR) is 116 cm³/mol. The van der Waals surface area contributed by atoms with Gasteiger partial charge in [-0.15, -0.1) is 0 Å². The van der Waals surface area contributed by atoms with E-state index in [1.807, 2.05) is 12.1 Å². The molecular formula is C22H26ClFN2O3S. The molecule has 162 valence electrons. The van der Waals surface area contributed by atoms with Crippen LogP contribution >= 0.6 is 11.6 Å². The predicted octanol–water partition coefficient (Wildman–Crippen LogP) is 3.72. The smallest absolute Gasteiger partial charge is 0.208 e. The average Bonchev–Trinajstić information content (AvgIpc) is 2.65. The van der Waals surface area contributed by atoms with Gasteiger partial charge in [-0.2, -0.15) is 0 Å². The van der Waals surface area contributed by atoms with E-state index < -0.39 is 15.8 Å². The number of fused-ring (bicyclic) bond motifs is 1. The summed E-state index contributed by atoms with van der Waals surface area (Å²) in [7, 11) is -3.30. The molecule has 0 aromatic heterocycles. The second kappa shape index (κ2) is 8.46. The van der Waals surface area contributed by atoms with E-state index in [-0.39, 0.29) is 30.4 Å². The number of rotatable bonds is 7. The molecule has 1 aliphatic carbocycles. The molecule has 8 heteroatoms. The van der Waals surface area contributed by atoms with Crippen LogP contribution in [0.3, 0.4) is 0 Å². The third kappa shape index (κ3) is 4.35. The maximum atomic E-state index is 14.6. The van der Waals surface area contributed by atoms with E-state index in [0.29, 0.717) is 5.02 Å². The van der Waals surface area contributed by atoms with E-state index in [1.165, 1.54) is 5.56 Å². The molecule has 0 spiro atoms. The first-order chi connectivity index (χ1) is 14.3. The Hall–Kier alpha value is -1.67. The van der Waals surface area contributed by atoms with Crippen LogP contribution in [0.15, 0.2) is 36.4 Å². The van der Waals surface area contributed by atoms with E-state index in [0.717, 1.165) is 49.6 Å². The molecule has 1 unspecified atom stereocenters. The first kappa shape index (κ1) is 21.6. The summed E-state index contributed by atoms with van der Waals surface area (Å²) >= 11 is 6.10. The van der Waals surface area contributed by atoms with Crippen LogP contribution in [0.4, 0.5) is 4.39 Å². The maximum absolute atomic E-state index is 14.6. The lowest BCUT2D eigenvalue weighted by molar-refractivity contribution is 0.164. The van der Waals surface area contributed by atoms with Gasteiger partial charge in [-0.3, -0.25) is 0 Å². The van der Waals surface area contributed by atoms with Gasteiger partial charge < -0.3 is 10.1 Å². The molecule has 1 heterocycles. The van der Waals surface area contributed by atoms with Gasteiger partial charge in [-0.1, -0.05) is 30.2 Å². The fourth-order valence-electron chi connectivity index (χ4n) is 4.63. The minimum Gasteiger partial charge on any atom is -0.489 e. The van der Waals surface area contributed by atoms with E-state index >= 15 is 0 Å². The highest BCUT2D eigenvalue weighted by molar-refractivity contribution is 7.88. The molecule has 1 aliphatic heterocycles. The lowest BCUT2D eigenvalue weighted by Gasteiger charge is -2.50. The quantitative estimate of drug-likeness (QED) is 0.628. The Morgan fingerprint density at radius 2 is 2.00 bits per heavy atom. The van der Waals surface area contributed by atoms with Crippen molar-refractivity contribution in [1.29, 1.82) is 0 Å². The van der Waals surface area contributed by atoms with Crippen LogP contribution in [0.5, 0.6) is 5.75 Å². The molecule has 0 amide bonds. The van der Waals surface area contributed by atoms with E-state index in [2.05, 4.69) is 22.2 Å². The Morgan fingerprint density at radius 1 is 1.27 bits per heavy atom. The number of halogens is 2. The average molecular weight is 453 g/mol. The van der Waals surface area contributed by atoms with Crippen molar-refractivity contribution in [2.45, 2.75) is 37.1 Å². The van der Waals surface area contributed by atoms with Crippen LogP contribution in [0.1, 0.15) is 42.0 Å². The van der Waals surface area contributed by atoms with Gasteiger partial charge >= 0.3 is 0 Å². The fraction of sp³-hybridized carbons (Fsp3) is 0.455. The molecule has 2 aromatic rings. The number of benzene rings is 2. The van der Waals surface area contributed by atoms with Gasteiger partial charge in [0.05, 0.1) is 6.26 Å². The highest BCUT2D eigenvalue weighted by Gasteiger charge is 2.47. The topological polar surface area (TPSA) is 67.4 Å². The summed E-state index contributed by atoms with van der Waals surface area (Å²) < 4.78 is 44.9. The standard InChI is InChI=1S/C22H26ClFN2O3S/c1-30(27,28)26-11-12-29-20-14-18-15(13-19(20)24)7-10-25-21(18)22(8-2-9-22)16-3-5-17(23)6-4-16/h3-6,13-14,21,25-26H,2,7-12H2,1H3. The van der Waals surface area contributed by atoms with Crippen LogP contribution < -0.4 is 14.8 Å². The molecule has 2 aliphatic rings. The number of ether oxygens (including phenoxy) is 1. The van der Waals surface area contributed by atoms with Crippen molar-refractivity contribution in [3.05, 3.63) is 63.9 Å². The summed E-state index contributed by atoms with van der Waals surface area (Å²) in [6, 6.07) is 11.5. The lowest BCUT2D eigenvalue weighted by Crippen LogP contribution is -2.49. The molecule has 1 atom stereocenters. The molecule has 0 bridgehead atoms. The summed E-state index contributed by atoms with van der Waals surface area (Å²) in [4.78, 5) is 0. The Labute approximate surface area is 182 Å². The molecule has 5 nitrogen and oxygen atoms in total. The summed E-state index contributed by atoms with van der Waals surface area (Å²) in [5.41, 5.74) is 3.25. The molecule has 0 radical (unpaired) electrons. The minimum atomic E-state index is -3.30. The zero-order chi connectivity index (χ0) is 21.4. The zero-order valence-corrected chi connectivity index (χ0v) is 18.5. The van der Waals surface area contributed by atoms with Gasteiger partial charge in [-0.05, 0) is 66.8 Å². The Balaban J connectivity index is 1.61. The van der Waals surface area contributed by atoms with Crippen molar-refractivity contribution < 1.29 is 17.5 Å². The molecule has 0 saturated heterocycles. The molecule has 30 heavy (non-hydrogen) atoms. The highest BCUT2D eigenvalue weighted by atomic mass is 35.5. The van der Waals surface area contributed by atoms with Gasteiger partial charge in [0.2, 0.25) is 10.0 Å². The third-order valence-corrected chi connectivity index (χ3v) is 7.17. The fourth-order valence-corrected chi connectivity index (χ4v) is 5.21. The first-order valence-electron chi connectivity index (χ1n) is 10.2. The summed E-state index contributed by atoms with van der Waals surface area (Å²) in [6.45, 7) is 0.944. The first-order valence-corrected chi connectivity index (χ1v) is 12.4. The third-order valence-electron chi connectivity index (χ3n) is 6.19. The minimum absolute atomic E-state index is 0.0489. The van der Waals surface area contributed by atoms with Crippen LogP contribution in [-0.4, -0.2) is 34.4 Å². The summed E-state index contributed by atoms with van der Waals surface area (Å²) in [5, 5.41) is 4.38. The van der Waals surface area contributed by atoms with Crippen LogP contribution in [0.2, 0.25) is 5.02 Å². The van der Waals surface area contributed by atoms with Crippen LogP contribution in [0.25, 0.3) is 0 Å². The van der Waals surface area contributed by atoms with Crippen molar-refractivity contribution in [2.75, 3.05) is 26.0 Å². The number of nitrogens with one attached hydrogen (secondary N) is 2. The van der Waals surface area contributed by atoms with Crippen molar-refractivity contribution in [1.82, 2.24) is 10.0 Å². The van der Waals surface area contributed by atoms with Gasteiger partial charge in [0.15, 0.2) is 11.6 Å². The van der Waals surface area contributed by atoms with Gasteiger partial charge in [0, 0.05) is 23.0 Å². The molecular weight excluding hydrogens is 427 g/mol. The molecule has 1 saturated carbocycles. The summed E-state index contributed by atoms with van der Waals surface area (Å²) in [5.74, 6) is -0.258. The van der Waals surface area contributed by atoms with Crippen molar-refractivity contribution in [2.24, 2.45) is 0 Å². The Morgan fingerprint density at radius 3 is 2.63 bits per heavy atom. The van der Waals surface area contributed by atoms with Crippen LogP contribution in [-0.2, 0) is 21.9 Å². The maximum Gasteiger partial charge on any atom is 0.208 e. The number of hydrogen-bond acceptors (Lipinski definition) is 4. The molecule has 2 N–H and O–H groups in total. The number of sulfonamides is 1. The van der Waals surface area contributed by atoms with E-state index in [1.54, 1.807) is 12.1 Å². The SMILES string of the molecule is CS(=O)(=O)NCCOc1cc2c(cc1F)CCNC2C1(c2ccc(Cl)cc2)CCC1. The van der Waals surface area contributed by atoms with E-state index in [9.17, 15) is 12.8 Å². The van der Waals surface area contributed by atoms with Gasteiger partial charge in [0.25, 0.3) is 0 Å². The second-order valence-corrected chi connectivity index (χ2v) is 10.4. The van der Waals surface area contributed by atoms with Crippen molar-refractivity contribution in [3.8, 4) is 5.75 Å². The molecule has 4 rings (SSSR count). The van der Waals surface area contributed by atoms with E-state index in [4.69, 9.17) is 16.3 Å². The monoisotopic (exact) mass is 452 g/mol. The van der Waals surface area contributed by atoms with Gasteiger partial charge in [-0.25, -0.2) is 17.5 Å². The highest BCUT2D eigenvalue weighted by Crippen LogP contribution is 2.54. The van der Waals surface area contributed by atoms with Crippen molar-refractivity contribution in [3.63, 3.8) is 0 Å². The normalized spacial score (nSPS) is 20.3. The molecule has 2 aromatic carbocycles. The summed E-state index contributed by atoms with van der Waals surface area (Å²) in [6.07, 6.45) is 5.10. The largest absolute Gasteiger partial charge is 0.489 e. The Bertz CT molecular complexity index is 1020. The second-order valence-electron chi connectivity index (χ2n) is 8.15.